The molecule has 0 saturated carbocycles. The Morgan fingerprint density at radius 1 is 1.13 bits per heavy atom. The highest BCUT2D eigenvalue weighted by Crippen LogP contribution is 2.11. The minimum Gasteiger partial charge on any atom is -0.497 e. The average Bonchev–Trinajstić information content (AvgIpc) is 2.59. The van der Waals surface area contributed by atoms with E-state index >= 15 is 0 Å². The van der Waals surface area contributed by atoms with Crippen molar-refractivity contribution in [2.75, 3.05) is 40.0 Å². The first-order valence-corrected chi connectivity index (χ1v) is 8.13. The third kappa shape index (κ3) is 9.05. The van der Waals surface area contributed by atoms with E-state index in [0.717, 1.165) is 43.5 Å². The van der Waals surface area contributed by atoms with E-state index in [2.05, 4.69) is 15.6 Å². The summed E-state index contributed by atoms with van der Waals surface area (Å²) in [5.74, 6) is 1.60. The fourth-order valence-corrected chi connectivity index (χ4v) is 1.89. The standard InChI is InChI=1S/C17H29N3O3/c1-3-23-13-5-11-19-17(18-10-4-12-21)20-14-15-6-8-16(22-2)9-7-15/h6-9,21H,3-5,10-14H2,1-2H3,(H2,18,19,20). The molecule has 0 aliphatic heterocycles. The minimum absolute atomic E-state index is 0.170. The number of rotatable bonds is 11. The van der Waals surface area contributed by atoms with Crippen LogP contribution in [0.5, 0.6) is 5.75 Å². The van der Waals surface area contributed by atoms with Gasteiger partial charge in [0.25, 0.3) is 0 Å². The maximum absolute atomic E-state index is 8.88. The van der Waals surface area contributed by atoms with Crippen LogP contribution in [0.2, 0.25) is 0 Å². The van der Waals surface area contributed by atoms with Gasteiger partial charge in [-0.1, -0.05) is 12.1 Å². The van der Waals surface area contributed by atoms with Gasteiger partial charge in [0.05, 0.1) is 13.7 Å². The van der Waals surface area contributed by atoms with Gasteiger partial charge in [-0.25, -0.2) is 4.99 Å². The molecule has 0 unspecified atom stereocenters. The predicted molar refractivity (Wildman–Crippen MR) is 93.0 cm³/mol. The third-order valence-electron chi connectivity index (χ3n) is 3.17. The summed E-state index contributed by atoms with van der Waals surface area (Å²) in [6.07, 6.45) is 1.62. The molecule has 0 aliphatic rings. The Labute approximate surface area is 138 Å². The number of nitrogens with one attached hydrogen (secondary N) is 2. The molecule has 1 aromatic carbocycles. The summed E-state index contributed by atoms with van der Waals surface area (Å²) in [6.45, 7) is 5.72. The molecule has 6 heteroatoms. The zero-order chi connectivity index (χ0) is 16.8. The molecule has 0 atom stereocenters. The van der Waals surface area contributed by atoms with Gasteiger partial charge in [0.2, 0.25) is 0 Å². The highest BCUT2D eigenvalue weighted by atomic mass is 16.5. The molecule has 0 amide bonds. The number of aliphatic hydroxyl groups is 1. The van der Waals surface area contributed by atoms with Crippen LogP contribution in [0.25, 0.3) is 0 Å². The molecule has 0 spiro atoms. The molecule has 0 aliphatic carbocycles. The molecule has 0 radical (unpaired) electrons. The normalized spacial score (nSPS) is 11.3. The third-order valence-corrected chi connectivity index (χ3v) is 3.17. The van der Waals surface area contributed by atoms with Gasteiger partial charge in [-0.3, -0.25) is 0 Å². The summed E-state index contributed by atoms with van der Waals surface area (Å²) < 4.78 is 10.5. The van der Waals surface area contributed by atoms with Crippen molar-refractivity contribution in [3.8, 4) is 5.75 Å². The number of nitrogens with zero attached hydrogens (tertiary/aromatic N) is 1. The molecular formula is C17H29N3O3. The molecule has 130 valence electrons. The molecule has 0 fully saturated rings. The first kappa shape index (κ1) is 19.3. The van der Waals surface area contributed by atoms with Gasteiger partial charge in [0, 0.05) is 32.9 Å². The molecule has 6 nitrogen and oxygen atoms in total. The van der Waals surface area contributed by atoms with Crippen LogP contribution in [0.3, 0.4) is 0 Å². The van der Waals surface area contributed by atoms with Gasteiger partial charge in [-0.15, -0.1) is 0 Å². The first-order chi connectivity index (χ1) is 11.3. The van der Waals surface area contributed by atoms with Crippen LogP contribution >= 0.6 is 0 Å². The van der Waals surface area contributed by atoms with Crippen molar-refractivity contribution in [2.45, 2.75) is 26.3 Å². The molecule has 23 heavy (non-hydrogen) atoms. The van der Waals surface area contributed by atoms with Gasteiger partial charge in [-0.2, -0.15) is 0 Å². The zero-order valence-electron chi connectivity index (χ0n) is 14.2. The molecule has 3 N–H and O–H groups in total. The lowest BCUT2D eigenvalue weighted by molar-refractivity contribution is 0.145. The molecule has 0 bridgehead atoms. The summed E-state index contributed by atoms with van der Waals surface area (Å²) >= 11 is 0. The van der Waals surface area contributed by atoms with Crippen molar-refractivity contribution in [1.82, 2.24) is 10.6 Å². The maximum atomic E-state index is 8.88. The van der Waals surface area contributed by atoms with E-state index in [-0.39, 0.29) is 6.61 Å². The second-order valence-electron chi connectivity index (χ2n) is 4.99. The lowest BCUT2D eigenvalue weighted by Crippen LogP contribution is -2.38. The largest absolute Gasteiger partial charge is 0.497 e. The van der Waals surface area contributed by atoms with E-state index in [1.807, 2.05) is 31.2 Å². The molecule has 1 rings (SSSR count). The topological polar surface area (TPSA) is 75.1 Å². The fourth-order valence-electron chi connectivity index (χ4n) is 1.89. The number of aliphatic hydroxyl groups excluding tert-OH is 1. The Kier molecular flexibility index (Phi) is 10.7. The second kappa shape index (κ2) is 12.7. The quantitative estimate of drug-likeness (QED) is 0.327. The highest BCUT2D eigenvalue weighted by Gasteiger charge is 1.99. The van der Waals surface area contributed by atoms with Crippen LogP contribution < -0.4 is 15.4 Å². The number of methoxy groups -OCH3 is 1. The minimum atomic E-state index is 0.170. The lowest BCUT2D eigenvalue weighted by Gasteiger charge is -2.12. The summed E-state index contributed by atoms with van der Waals surface area (Å²) in [5.41, 5.74) is 1.11. The summed E-state index contributed by atoms with van der Waals surface area (Å²) in [6, 6.07) is 7.87. The van der Waals surface area contributed by atoms with E-state index in [4.69, 9.17) is 14.6 Å². The van der Waals surface area contributed by atoms with Crippen molar-refractivity contribution >= 4 is 5.96 Å². The Morgan fingerprint density at radius 2 is 1.83 bits per heavy atom. The lowest BCUT2D eigenvalue weighted by atomic mass is 10.2. The van der Waals surface area contributed by atoms with E-state index < -0.39 is 0 Å². The number of guanidine groups is 1. The van der Waals surface area contributed by atoms with Crippen LogP contribution in [0.15, 0.2) is 29.3 Å². The molecular weight excluding hydrogens is 294 g/mol. The van der Waals surface area contributed by atoms with E-state index in [1.54, 1.807) is 7.11 Å². The van der Waals surface area contributed by atoms with Crippen molar-refractivity contribution in [1.29, 1.82) is 0 Å². The molecule has 1 aromatic rings. The van der Waals surface area contributed by atoms with Gasteiger partial charge >= 0.3 is 0 Å². The Bertz CT molecular complexity index is 435. The Morgan fingerprint density at radius 3 is 2.43 bits per heavy atom. The van der Waals surface area contributed by atoms with Crippen LogP contribution in [0, 0.1) is 0 Å². The van der Waals surface area contributed by atoms with Crippen molar-refractivity contribution in [3.05, 3.63) is 29.8 Å². The number of benzene rings is 1. The van der Waals surface area contributed by atoms with Gasteiger partial charge < -0.3 is 25.2 Å². The number of hydrogen-bond acceptors (Lipinski definition) is 4. The number of ether oxygens (including phenoxy) is 2. The molecule has 0 heterocycles. The Balaban J connectivity index is 2.47. The smallest absolute Gasteiger partial charge is 0.191 e. The van der Waals surface area contributed by atoms with E-state index in [1.165, 1.54) is 0 Å². The average molecular weight is 323 g/mol. The van der Waals surface area contributed by atoms with Crippen molar-refractivity contribution in [2.24, 2.45) is 4.99 Å². The molecule has 0 saturated heterocycles. The van der Waals surface area contributed by atoms with E-state index in [0.29, 0.717) is 19.5 Å². The maximum Gasteiger partial charge on any atom is 0.191 e. The Hall–Kier alpha value is -1.79. The molecule has 0 aromatic heterocycles. The van der Waals surface area contributed by atoms with Gasteiger partial charge in [-0.05, 0) is 37.5 Å². The highest BCUT2D eigenvalue weighted by molar-refractivity contribution is 5.79. The second-order valence-corrected chi connectivity index (χ2v) is 4.99. The first-order valence-electron chi connectivity index (χ1n) is 8.13. The summed E-state index contributed by atoms with van der Waals surface area (Å²) in [4.78, 5) is 4.57. The summed E-state index contributed by atoms with van der Waals surface area (Å²) in [7, 11) is 1.66. The van der Waals surface area contributed by atoms with Crippen LogP contribution in [-0.4, -0.2) is 51.1 Å². The van der Waals surface area contributed by atoms with Crippen LogP contribution in [0.1, 0.15) is 25.3 Å². The van der Waals surface area contributed by atoms with Gasteiger partial charge in [0.15, 0.2) is 5.96 Å². The fraction of sp³-hybridized carbons (Fsp3) is 0.588. The summed E-state index contributed by atoms with van der Waals surface area (Å²) in [5, 5.41) is 15.4. The SMILES string of the molecule is CCOCCCNC(=NCc1ccc(OC)cc1)NCCCO. The van der Waals surface area contributed by atoms with Crippen LogP contribution in [0.4, 0.5) is 0 Å². The predicted octanol–water partition coefficient (Wildman–Crippen LogP) is 1.54. The van der Waals surface area contributed by atoms with Gasteiger partial charge in [0.1, 0.15) is 5.75 Å². The zero-order valence-corrected chi connectivity index (χ0v) is 14.2. The van der Waals surface area contributed by atoms with Crippen molar-refractivity contribution in [3.63, 3.8) is 0 Å². The van der Waals surface area contributed by atoms with Crippen molar-refractivity contribution < 1.29 is 14.6 Å². The van der Waals surface area contributed by atoms with E-state index in [9.17, 15) is 0 Å². The number of aliphatic imine (C=N–C) groups is 1. The number of hydrogen-bond donors (Lipinski definition) is 3. The van der Waals surface area contributed by atoms with Crippen LogP contribution in [-0.2, 0) is 11.3 Å². The monoisotopic (exact) mass is 323 g/mol.